The molecule has 0 fully saturated rings. The Balaban J connectivity index is 2.03. The minimum atomic E-state index is -5.56. The maximum Gasteiger partial charge on any atom is 0.428 e. The van der Waals surface area contributed by atoms with E-state index in [0.29, 0.717) is 16.4 Å². The van der Waals surface area contributed by atoms with E-state index in [4.69, 9.17) is 9.47 Å². The summed E-state index contributed by atoms with van der Waals surface area (Å²) in [7, 11) is -8.94. The first-order valence-corrected chi connectivity index (χ1v) is 16.4. The highest BCUT2D eigenvalue weighted by Gasteiger charge is 2.47. The van der Waals surface area contributed by atoms with Crippen LogP contribution in [-0.4, -0.2) is 23.2 Å². The van der Waals surface area contributed by atoms with Crippen LogP contribution in [-0.2, 0) is 10.1 Å². The predicted octanol–water partition coefficient (Wildman–Crippen LogP) is 9.42. The van der Waals surface area contributed by atoms with Crippen molar-refractivity contribution in [1.82, 2.24) is 0 Å². The first-order chi connectivity index (χ1) is 20.4. The van der Waals surface area contributed by atoms with E-state index in [1.165, 1.54) is 0 Å². The van der Waals surface area contributed by atoms with Gasteiger partial charge in [0.25, 0.3) is 0 Å². The SMILES string of the molecule is CC(C)(C)Oc1ccc(S([OH+]S(=O)(=O)c2c(F)c(F)c(F)c(F)c2F)(c2ccccc2)c2ccc(OC(C)(C)C)cc2)cc1. The summed E-state index contributed by atoms with van der Waals surface area (Å²) >= 11 is 0. The van der Waals surface area contributed by atoms with Crippen LogP contribution in [0.5, 0.6) is 11.5 Å². The van der Waals surface area contributed by atoms with E-state index >= 15 is 0 Å². The van der Waals surface area contributed by atoms with Gasteiger partial charge in [-0.3, -0.25) is 3.63 Å². The van der Waals surface area contributed by atoms with Gasteiger partial charge in [-0.2, -0.15) is 0 Å². The second-order valence-electron chi connectivity index (χ2n) is 11.7. The molecule has 0 aliphatic carbocycles. The summed E-state index contributed by atoms with van der Waals surface area (Å²) in [5, 5.41) is 0. The molecule has 0 aliphatic heterocycles. The van der Waals surface area contributed by atoms with Crippen LogP contribution in [0, 0.1) is 29.1 Å². The Bertz CT molecular complexity index is 1660. The molecule has 0 amide bonds. The van der Waals surface area contributed by atoms with Gasteiger partial charge in [-0.25, -0.2) is 22.0 Å². The molecule has 4 aromatic rings. The average molecular weight is 656 g/mol. The van der Waals surface area contributed by atoms with Crippen LogP contribution in [0.1, 0.15) is 41.5 Å². The minimum absolute atomic E-state index is 0.280. The Morgan fingerprint density at radius 3 is 1.23 bits per heavy atom. The fraction of sp³-hybridized carbons (Fsp3) is 0.250. The summed E-state index contributed by atoms with van der Waals surface area (Å²) in [4.78, 5) is -1.17. The summed E-state index contributed by atoms with van der Waals surface area (Å²) < 4.78 is 116. The molecule has 0 atom stereocenters. The summed E-state index contributed by atoms with van der Waals surface area (Å²) in [6, 6.07) is 20.6. The smallest absolute Gasteiger partial charge is 0.428 e. The molecule has 12 heteroatoms. The quantitative estimate of drug-likeness (QED) is 0.0624. The lowest BCUT2D eigenvalue weighted by Gasteiger charge is -2.35. The largest absolute Gasteiger partial charge is 0.488 e. The molecule has 0 radical (unpaired) electrons. The molecular formula is C32H32F5O5S2+. The molecule has 4 rings (SSSR count). The van der Waals surface area contributed by atoms with Crippen LogP contribution in [0.4, 0.5) is 22.0 Å². The number of rotatable bonds is 8. The first kappa shape index (κ1) is 33.3. The third-order valence-electron chi connectivity index (χ3n) is 5.90. The Kier molecular flexibility index (Phi) is 9.12. The maximum atomic E-state index is 14.9. The third kappa shape index (κ3) is 6.87. The van der Waals surface area contributed by atoms with Gasteiger partial charge in [-0.15, -0.1) is 8.42 Å². The van der Waals surface area contributed by atoms with E-state index < -0.39 is 65.6 Å². The van der Waals surface area contributed by atoms with Gasteiger partial charge in [-0.05, 0) is 102 Å². The van der Waals surface area contributed by atoms with Crippen molar-refractivity contribution in [1.29, 1.82) is 0 Å². The highest BCUT2D eigenvalue weighted by molar-refractivity contribution is 8.32. The molecule has 0 saturated heterocycles. The first-order valence-electron chi connectivity index (χ1n) is 13.3. The van der Waals surface area contributed by atoms with Crippen molar-refractivity contribution < 1.29 is 43.5 Å². The summed E-state index contributed by atoms with van der Waals surface area (Å²) in [6.07, 6.45) is 0. The number of hydrogen-bond acceptors (Lipinski definition) is 4. The van der Waals surface area contributed by atoms with Gasteiger partial charge >= 0.3 is 10.1 Å². The molecule has 0 heterocycles. The zero-order valence-corrected chi connectivity index (χ0v) is 26.4. The van der Waals surface area contributed by atoms with E-state index in [1.807, 2.05) is 41.5 Å². The number of halogens is 5. The van der Waals surface area contributed by atoms with E-state index in [9.17, 15) is 30.4 Å². The molecule has 5 nitrogen and oxygen atoms in total. The van der Waals surface area contributed by atoms with Crippen molar-refractivity contribution in [3.63, 3.8) is 0 Å². The summed E-state index contributed by atoms with van der Waals surface area (Å²) in [5.41, 5.74) is -1.12. The Morgan fingerprint density at radius 2 is 0.864 bits per heavy atom. The highest BCUT2D eigenvalue weighted by Crippen LogP contribution is 2.69. The van der Waals surface area contributed by atoms with Gasteiger partial charge in [0.15, 0.2) is 23.3 Å². The van der Waals surface area contributed by atoms with Crippen LogP contribution < -0.4 is 9.47 Å². The van der Waals surface area contributed by atoms with Gasteiger partial charge in [0.2, 0.25) is 10.7 Å². The number of hydrogen-bond donors (Lipinski definition) is 0. The summed E-state index contributed by atoms with van der Waals surface area (Å²) in [6.45, 7) is 11.0. The maximum absolute atomic E-state index is 14.9. The van der Waals surface area contributed by atoms with Gasteiger partial charge in [0, 0.05) is 0 Å². The molecule has 0 unspecified atom stereocenters. The molecule has 4 aromatic carbocycles. The standard InChI is InChI=1S/C32H31F5O5S2/c1-31(2,3)40-20-12-16-23(17-13-20)43(22-10-8-7-9-11-22,24-18-14-21(15-19-24)41-32(4,5)6)42-44(38,39)30-28(36)26(34)25(33)27(35)29(30)37/h7-19H,1-6H3/p+1. The van der Waals surface area contributed by atoms with Gasteiger partial charge < -0.3 is 9.47 Å². The molecule has 0 aliphatic rings. The van der Waals surface area contributed by atoms with Crippen LogP contribution in [0.2, 0.25) is 0 Å². The lowest BCUT2D eigenvalue weighted by Crippen LogP contribution is -2.23. The molecule has 1 N–H and O–H groups in total. The van der Waals surface area contributed by atoms with E-state index in [-0.39, 0.29) is 9.79 Å². The Hall–Kier alpha value is -3.61. The van der Waals surface area contributed by atoms with Crippen molar-refractivity contribution in [3.05, 3.63) is 108 Å². The van der Waals surface area contributed by atoms with Crippen molar-refractivity contribution >= 4 is 20.4 Å². The van der Waals surface area contributed by atoms with Gasteiger partial charge in [0.1, 0.15) is 22.7 Å². The van der Waals surface area contributed by atoms with E-state index in [0.717, 1.165) is 0 Å². The lowest BCUT2D eigenvalue weighted by molar-refractivity contribution is 0.130. The van der Waals surface area contributed by atoms with Crippen LogP contribution >= 0.6 is 10.3 Å². The van der Waals surface area contributed by atoms with Gasteiger partial charge in [0.05, 0.1) is 25.0 Å². The van der Waals surface area contributed by atoms with E-state index in [1.54, 1.807) is 78.9 Å². The van der Waals surface area contributed by atoms with Crippen LogP contribution in [0.3, 0.4) is 0 Å². The zero-order valence-electron chi connectivity index (χ0n) is 24.8. The second kappa shape index (κ2) is 12.1. The molecule has 0 bridgehead atoms. The number of ether oxygens (including phenoxy) is 2. The minimum Gasteiger partial charge on any atom is -0.488 e. The van der Waals surface area contributed by atoms with Crippen molar-refractivity contribution in [3.8, 4) is 11.5 Å². The molecule has 0 saturated carbocycles. The Morgan fingerprint density at radius 1 is 0.523 bits per heavy atom. The van der Waals surface area contributed by atoms with Crippen molar-refractivity contribution in [2.45, 2.75) is 72.3 Å². The topological polar surface area (TPSA) is 65.4 Å². The number of benzene rings is 4. The average Bonchev–Trinajstić information content (AvgIpc) is 2.93. The summed E-state index contributed by atoms with van der Waals surface area (Å²) in [5.74, 6) is -11.4. The van der Waals surface area contributed by atoms with Gasteiger partial charge in [-0.1, -0.05) is 18.2 Å². The van der Waals surface area contributed by atoms with Crippen LogP contribution in [0.15, 0.2) is 98.4 Å². The Labute approximate surface area is 255 Å². The highest BCUT2D eigenvalue weighted by atomic mass is 32.3. The zero-order chi connectivity index (χ0) is 32.7. The molecule has 0 spiro atoms. The predicted molar refractivity (Wildman–Crippen MR) is 159 cm³/mol. The molecule has 236 valence electrons. The third-order valence-corrected chi connectivity index (χ3v) is 11.3. The fourth-order valence-corrected chi connectivity index (χ4v) is 9.83. The normalized spacial score (nSPS) is 13.1. The van der Waals surface area contributed by atoms with Crippen LogP contribution in [0.25, 0.3) is 0 Å². The van der Waals surface area contributed by atoms with Crippen molar-refractivity contribution in [2.24, 2.45) is 0 Å². The monoisotopic (exact) mass is 655 g/mol. The fourth-order valence-electron chi connectivity index (χ4n) is 4.27. The molecule has 0 aromatic heterocycles. The van der Waals surface area contributed by atoms with E-state index in [2.05, 4.69) is 3.63 Å². The second-order valence-corrected chi connectivity index (χ2v) is 16.2. The lowest BCUT2D eigenvalue weighted by atomic mass is 10.2. The van der Waals surface area contributed by atoms with Crippen molar-refractivity contribution in [2.75, 3.05) is 0 Å². The molecule has 44 heavy (non-hydrogen) atoms. The molecular weight excluding hydrogens is 623 g/mol.